The molecular weight excluding hydrogens is 215 g/mol. The van der Waals surface area contributed by atoms with Crippen LogP contribution in [-0.4, -0.2) is 13.1 Å². The van der Waals surface area contributed by atoms with Crippen LogP contribution in [-0.2, 0) is 0 Å². The van der Waals surface area contributed by atoms with Gasteiger partial charge in [0.25, 0.3) is 0 Å². The van der Waals surface area contributed by atoms with E-state index in [4.69, 9.17) is 5.73 Å². The molecule has 2 N–H and O–H groups in total. The van der Waals surface area contributed by atoms with Gasteiger partial charge in [0.05, 0.1) is 11.4 Å². The highest BCUT2D eigenvalue weighted by molar-refractivity contribution is 5.69. The minimum absolute atomic E-state index is 0.142. The Morgan fingerprint density at radius 3 is 2.29 bits per heavy atom. The largest absolute Gasteiger partial charge is 0.397 e. The number of halogens is 1. The Bertz CT molecular complexity index is 407. The number of benzene rings is 1. The first-order chi connectivity index (χ1) is 7.64. The molecule has 0 aliphatic carbocycles. The van der Waals surface area contributed by atoms with Crippen LogP contribution < -0.4 is 10.6 Å². The molecule has 1 atom stereocenters. The van der Waals surface area contributed by atoms with E-state index in [1.165, 1.54) is 6.07 Å². The highest BCUT2D eigenvalue weighted by Gasteiger charge is 2.25. The topological polar surface area (TPSA) is 29.3 Å². The van der Waals surface area contributed by atoms with Crippen molar-refractivity contribution in [1.29, 1.82) is 0 Å². The predicted molar refractivity (Wildman–Crippen MR) is 72.9 cm³/mol. The van der Waals surface area contributed by atoms with E-state index in [0.717, 1.165) is 5.69 Å². The van der Waals surface area contributed by atoms with Gasteiger partial charge in [0, 0.05) is 13.1 Å². The van der Waals surface area contributed by atoms with Crippen molar-refractivity contribution in [2.75, 3.05) is 17.7 Å². The van der Waals surface area contributed by atoms with Crippen LogP contribution in [0.2, 0.25) is 0 Å². The summed E-state index contributed by atoms with van der Waals surface area (Å²) in [6.07, 6.45) is 0. The van der Waals surface area contributed by atoms with Gasteiger partial charge < -0.3 is 10.6 Å². The zero-order valence-corrected chi connectivity index (χ0v) is 11.6. The Morgan fingerprint density at radius 2 is 1.82 bits per heavy atom. The molecule has 0 fully saturated rings. The standard InChI is InChI=1S/C14H23FN2/c1-9-7-13(12(16)8-11(9)15)17(6)10(2)14(3,4)5/h7-8,10H,16H2,1-6H3. The third kappa shape index (κ3) is 2.90. The zero-order valence-electron chi connectivity index (χ0n) is 11.6. The monoisotopic (exact) mass is 238 g/mol. The number of anilines is 2. The molecule has 1 rings (SSSR count). The van der Waals surface area contributed by atoms with Crippen LogP contribution in [0.3, 0.4) is 0 Å². The number of nitrogens with zero attached hydrogens (tertiary/aromatic N) is 1. The van der Waals surface area contributed by atoms with Gasteiger partial charge in [-0.05, 0) is 37.0 Å². The lowest BCUT2D eigenvalue weighted by Gasteiger charge is -2.37. The SMILES string of the molecule is Cc1cc(N(C)C(C)C(C)(C)C)c(N)cc1F. The van der Waals surface area contributed by atoms with Crippen LogP contribution in [0.25, 0.3) is 0 Å². The van der Waals surface area contributed by atoms with Crippen molar-refractivity contribution in [3.8, 4) is 0 Å². The summed E-state index contributed by atoms with van der Waals surface area (Å²) < 4.78 is 13.4. The van der Waals surface area contributed by atoms with Crippen molar-refractivity contribution < 1.29 is 4.39 Å². The average Bonchev–Trinajstić information content (AvgIpc) is 2.20. The van der Waals surface area contributed by atoms with E-state index < -0.39 is 0 Å². The molecule has 0 aliphatic heterocycles. The third-order valence-electron chi connectivity index (χ3n) is 3.52. The first-order valence-corrected chi connectivity index (χ1v) is 5.93. The van der Waals surface area contributed by atoms with Crippen molar-refractivity contribution >= 4 is 11.4 Å². The van der Waals surface area contributed by atoms with Crippen LogP contribution >= 0.6 is 0 Å². The van der Waals surface area contributed by atoms with Crippen LogP contribution in [0.15, 0.2) is 12.1 Å². The van der Waals surface area contributed by atoms with Gasteiger partial charge in [-0.1, -0.05) is 20.8 Å². The zero-order chi connectivity index (χ0) is 13.4. The van der Waals surface area contributed by atoms with E-state index in [9.17, 15) is 4.39 Å². The summed E-state index contributed by atoms with van der Waals surface area (Å²) in [6, 6.07) is 3.53. The van der Waals surface area contributed by atoms with Crippen molar-refractivity contribution in [3.05, 3.63) is 23.5 Å². The van der Waals surface area contributed by atoms with E-state index in [2.05, 4.69) is 32.6 Å². The fourth-order valence-corrected chi connectivity index (χ4v) is 1.78. The average molecular weight is 238 g/mol. The maximum Gasteiger partial charge on any atom is 0.128 e. The first kappa shape index (κ1) is 13.8. The molecule has 0 heterocycles. The molecule has 0 aliphatic rings. The minimum Gasteiger partial charge on any atom is -0.397 e. The second-order valence-electron chi connectivity index (χ2n) is 5.81. The first-order valence-electron chi connectivity index (χ1n) is 5.93. The normalized spacial score (nSPS) is 13.6. The van der Waals surface area contributed by atoms with Gasteiger partial charge in [-0.2, -0.15) is 0 Å². The lowest BCUT2D eigenvalue weighted by molar-refractivity contribution is 0.330. The third-order valence-corrected chi connectivity index (χ3v) is 3.52. The molecule has 3 heteroatoms. The molecular formula is C14H23FN2. The summed E-state index contributed by atoms with van der Waals surface area (Å²) in [6.45, 7) is 10.5. The maximum absolute atomic E-state index is 13.4. The summed E-state index contributed by atoms with van der Waals surface area (Å²) in [5.41, 5.74) is 8.05. The molecule has 0 saturated heterocycles. The van der Waals surface area contributed by atoms with E-state index in [0.29, 0.717) is 17.3 Å². The molecule has 96 valence electrons. The second-order valence-corrected chi connectivity index (χ2v) is 5.81. The van der Waals surface area contributed by atoms with Gasteiger partial charge in [-0.3, -0.25) is 0 Å². The molecule has 0 amide bonds. The molecule has 1 aromatic rings. The number of hydrogen-bond acceptors (Lipinski definition) is 2. The van der Waals surface area contributed by atoms with Crippen LogP contribution in [0.1, 0.15) is 33.3 Å². The molecule has 17 heavy (non-hydrogen) atoms. The lowest BCUT2D eigenvalue weighted by atomic mass is 9.87. The van der Waals surface area contributed by atoms with E-state index in [-0.39, 0.29) is 11.2 Å². The quantitative estimate of drug-likeness (QED) is 0.798. The molecule has 0 saturated carbocycles. The van der Waals surface area contributed by atoms with Gasteiger partial charge in [0.1, 0.15) is 5.82 Å². The van der Waals surface area contributed by atoms with Crippen molar-refractivity contribution in [3.63, 3.8) is 0 Å². The van der Waals surface area contributed by atoms with E-state index >= 15 is 0 Å². The smallest absolute Gasteiger partial charge is 0.128 e. The Hall–Kier alpha value is -1.25. The molecule has 2 nitrogen and oxygen atoms in total. The van der Waals surface area contributed by atoms with Gasteiger partial charge >= 0.3 is 0 Å². The fourth-order valence-electron chi connectivity index (χ4n) is 1.78. The highest BCUT2D eigenvalue weighted by atomic mass is 19.1. The van der Waals surface area contributed by atoms with Gasteiger partial charge in [-0.25, -0.2) is 4.39 Å². The Labute approximate surface area is 104 Å². The second kappa shape index (κ2) is 4.55. The van der Waals surface area contributed by atoms with Crippen LogP contribution in [0.5, 0.6) is 0 Å². The van der Waals surface area contributed by atoms with Crippen molar-refractivity contribution in [2.24, 2.45) is 5.41 Å². The number of nitrogens with two attached hydrogens (primary N) is 1. The predicted octanol–water partition coefficient (Wildman–Crippen LogP) is 3.59. The summed E-state index contributed by atoms with van der Waals surface area (Å²) in [5.74, 6) is -0.247. The maximum atomic E-state index is 13.4. The molecule has 0 radical (unpaired) electrons. The van der Waals surface area contributed by atoms with Crippen LogP contribution in [0, 0.1) is 18.2 Å². The summed E-state index contributed by atoms with van der Waals surface area (Å²) in [7, 11) is 2.00. The Kier molecular flexibility index (Phi) is 3.70. The van der Waals surface area contributed by atoms with Gasteiger partial charge in [-0.15, -0.1) is 0 Å². The number of aryl methyl sites for hydroxylation is 1. The molecule has 1 aromatic carbocycles. The van der Waals surface area contributed by atoms with E-state index in [1.54, 1.807) is 6.92 Å². The number of nitrogen functional groups attached to an aromatic ring is 1. The Morgan fingerprint density at radius 1 is 1.29 bits per heavy atom. The fraction of sp³-hybridized carbons (Fsp3) is 0.571. The van der Waals surface area contributed by atoms with Gasteiger partial charge in [0.15, 0.2) is 0 Å². The molecule has 0 aromatic heterocycles. The molecule has 1 unspecified atom stereocenters. The summed E-state index contributed by atoms with van der Waals surface area (Å²) in [5, 5.41) is 0. The summed E-state index contributed by atoms with van der Waals surface area (Å²) >= 11 is 0. The highest BCUT2D eigenvalue weighted by Crippen LogP contribution is 2.32. The van der Waals surface area contributed by atoms with Crippen molar-refractivity contribution in [1.82, 2.24) is 0 Å². The van der Waals surface area contributed by atoms with Gasteiger partial charge in [0.2, 0.25) is 0 Å². The summed E-state index contributed by atoms with van der Waals surface area (Å²) in [4.78, 5) is 2.11. The Balaban J connectivity index is 3.13. The lowest BCUT2D eigenvalue weighted by Crippen LogP contribution is -2.39. The number of hydrogen-bond donors (Lipinski definition) is 1. The van der Waals surface area contributed by atoms with Crippen molar-refractivity contribution in [2.45, 2.75) is 40.7 Å². The van der Waals surface area contributed by atoms with Crippen LogP contribution in [0.4, 0.5) is 15.8 Å². The minimum atomic E-state index is -0.247. The van der Waals surface area contributed by atoms with E-state index in [1.807, 2.05) is 13.1 Å². The molecule has 0 bridgehead atoms. The molecule has 0 spiro atoms. The number of rotatable bonds is 2.